The second-order valence-electron chi connectivity index (χ2n) is 0.779. The monoisotopic (exact) mass is 89.0 g/mol. The van der Waals surface area contributed by atoms with Crippen LogP contribution in [0.15, 0.2) is 0 Å². The molecule has 36 valence electrons. The quantitative estimate of drug-likeness (QED) is 0.257. The van der Waals surface area contributed by atoms with Crippen molar-refractivity contribution in [2.45, 2.75) is 0 Å². The van der Waals surface area contributed by atoms with Gasteiger partial charge >= 0.3 is 0 Å². The molecule has 0 aliphatic rings. The molecule has 6 heavy (non-hydrogen) atoms. The second-order valence-corrected chi connectivity index (χ2v) is 0.779. The molecule has 2 N–H and O–H groups in total. The molecule has 0 saturated carbocycles. The smallest absolute Gasteiger partial charge is 0.133 e. The Morgan fingerprint density at radius 2 is 2.50 bits per heavy atom. The van der Waals surface area contributed by atoms with E-state index in [-0.39, 0.29) is 13.3 Å². The van der Waals surface area contributed by atoms with Gasteiger partial charge in [0.1, 0.15) is 6.29 Å². The fourth-order valence-electron chi connectivity index (χ4n) is 0.123. The lowest BCUT2D eigenvalue weighted by Gasteiger charge is -1.85. The van der Waals surface area contributed by atoms with Gasteiger partial charge in [0.2, 0.25) is 0 Å². The molecule has 0 aromatic heterocycles. The topological polar surface area (TPSA) is 49.3 Å². The highest BCUT2D eigenvalue weighted by molar-refractivity contribution is 5.51. The summed E-state index contributed by atoms with van der Waals surface area (Å²) in [7, 11) is 0. The zero-order chi connectivity index (χ0) is 4.83. The highest BCUT2D eigenvalue weighted by atomic mass is 16.3. The SMILES string of the molecule is O=CCNCO. The zero-order valence-corrected chi connectivity index (χ0v) is 3.35. The number of hydrogen-bond acceptors (Lipinski definition) is 3. The van der Waals surface area contributed by atoms with Gasteiger partial charge in [-0.25, -0.2) is 0 Å². The highest BCUT2D eigenvalue weighted by Gasteiger charge is 1.71. The minimum Gasteiger partial charge on any atom is -0.381 e. The second kappa shape index (κ2) is 4.59. The molecule has 0 aromatic carbocycles. The molecule has 0 aliphatic carbocycles. The maximum atomic E-state index is 9.39. The van der Waals surface area contributed by atoms with Crippen LogP contribution in [0, 0.1) is 0 Å². The van der Waals surface area contributed by atoms with Gasteiger partial charge in [0, 0.05) is 0 Å². The van der Waals surface area contributed by atoms with E-state index in [4.69, 9.17) is 5.11 Å². The normalized spacial score (nSPS) is 8.17. The largest absolute Gasteiger partial charge is 0.381 e. The van der Waals surface area contributed by atoms with E-state index in [1.165, 1.54) is 0 Å². The van der Waals surface area contributed by atoms with Gasteiger partial charge in [0.25, 0.3) is 0 Å². The van der Waals surface area contributed by atoms with E-state index in [0.29, 0.717) is 6.29 Å². The maximum absolute atomic E-state index is 9.39. The summed E-state index contributed by atoms with van der Waals surface area (Å²) in [5.74, 6) is 0. The van der Waals surface area contributed by atoms with Crippen LogP contribution in [0.3, 0.4) is 0 Å². The minimum atomic E-state index is -0.126. The van der Waals surface area contributed by atoms with Crippen molar-refractivity contribution in [1.82, 2.24) is 5.32 Å². The van der Waals surface area contributed by atoms with E-state index in [9.17, 15) is 4.79 Å². The van der Waals surface area contributed by atoms with Crippen LogP contribution in [0.5, 0.6) is 0 Å². The predicted molar refractivity (Wildman–Crippen MR) is 21.2 cm³/mol. The molecule has 0 bridgehead atoms. The van der Waals surface area contributed by atoms with Gasteiger partial charge < -0.3 is 9.90 Å². The van der Waals surface area contributed by atoms with Crippen LogP contribution in [0.1, 0.15) is 0 Å². The van der Waals surface area contributed by atoms with E-state index in [0.717, 1.165) is 0 Å². The first-order chi connectivity index (χ1) is 2.91. The maximum Gasteiger partial charge on any atom is 0.133 e. The van der Waals surface area contributed by atoms with Crippen molar-refractivity contribution in [2.24, 2.45) is 0 Å². The van der Waals surface area contributed by atoms with Crippen LogP contribution < -0.4 is 5.32 Å². The first-order valence-corrected chi connectivity index (χ1v) is 1.67. The number of carbonyl (C=O) groups excluding carboxylic acids is 1. The fraction of sp³-hybridized carbons (Fsp3) is 0.667. The molecule has 0 atom stereocenters. The first kappa shape index (κ1) is 5.59. The molecule has 0 amide bonds. The molecule has 0 aromatic rings. The van der Waals surface area contributed by atoms with Gasteiger partial charge in [-0.2, -0.15) is 0 Å². The lowest BCUT2D eigenvalue weighted by atomic mass is 10.7. The van der Waals surface area contributed by atoms with Crippen LogP contribution in [0.2, 0.25) is 0 Å². The Labute approximate surface area is 36.0 Å². The average Bonchev–Trinajstić information content (AvgIpc) is 1.61. The van der Waals surface area contributed by atoms with Crippen LogP contribution in [-0.4, -0.2) is 24.7 Å². The highest BCUT2D eigenvalue weighted by Crippen LogP contribution is 1.41. The van der Waals surface area contributed by atoms with Crippen molar-refractivity contribution in [1.29, 1.82) is 0 Å². The van der Waals surface area contributed by atoms with Crippen molar-refractivity contribution in [3.05, 3.63) is 0 Å². The molecular formula is C3H7NO2. The standard InChI is InChI=1S/C3H7NO2/c5-2-1-4-3-6/h2,4,6H,1,3H2. The number of carbonyl (C=O) groups is 1. The van der Waals surface area contributed by atoms with Crippen molar-refractivity contribution in [3.63, 3.8) is 0 Å². The molecule has 0 saturated heterocycles. The lowest BCUT2D eigenvalue weighted by molar-refractivity contribution is -0.107. The van der Waals surface area contributed by atoms with Gasteiger partial charge in [-0.15, -0.1) is 0 Å². The molecule has 0 radical (unpaired) electrons. The van der Waals surface area contributed by atoms with Crippen molar-refractivity contribution in [2.75, 3.05) is 13.3 Å². The summed E-state index contributed by atoms with van der Waals surface area (Å²) in [6, 6.07) is 0. The number of aldehydes is 1. The molecule has 0 heterocycles. The summed E-state index contributed by atoms with van der Waals surface area (Å²) in [4.78, 5) is 9.39. The van der Waals surface area contributed by atoms with Crippen LogP contribution in [0.25, 0.3) is 0 Å². The number of aliphatic hydroxyl groups excluding tert-OH is 1. The van der Waals surface area contributed by atoms with Crippen molar-refractivity contribution >= 4 is 6.29 Å². The van der Waals surface area contributed by atoms with Crippen molar-refractivity contribution < 1.29 is 9.90 Å². The number of aliphatic hydroxyl groups is 1. The summed E-state index contributed by atoms with van der Waals surface area (Å²) in [5, 5.41) is 10.3. The summed E-state index contributed by atoms with van der Waals surface area (Å²) >= 11 is 0. The average molecular weight is 89.1 g/mol. The van der Waals surface area contributed by atoms with Crippen molar-refractivity contribution in [3.8, 4) is 0 Å². The summed E-state index contributed by atoms with van der Waals surface area (Å²) in [6.45, 7) is 0.106. The molecule has 0 aliphatic heterocycles. The van der Waals surface area contributed by atoms with E-state index < -0.39 is 0 Å². The Hall–Kier alpha value is -0.410. The van der Waals surface area contributed by atoms with Gasteiger partial charge in [-0.3, -0.25) is 5.32 Å². The van der Waals surface area contributed by atoms with E-state index in [1.807, 2.05) is 0 Å². The summed E-state index contributed by atoms with van der Waals surface area (Å²) in [6.07, 6.45) is 0.691. The molecule has 0 spiro atoms. The van der Waals surface area contributed by atoms with Crippen LogP contribution in [-0.2, 0) is 4.79 Å². The van der Waals surface area contributed by atoms with Gasteiger partial charge in [0.05, 0.1) is 13.3 Å². The Bertz CT molecular complexity index is 37.8. The molecule has 0 unspecified atom stereocenters. The Morgan fingerprint density at radius 3 is 2.67 bits per heavy atom. The molecule has 3 nitrogen and oxygen atoms in total. The third-order valence-corrected chi connectivity index (χ3v) is 0.339. The van der Waals surface area contributed by atoms with Gasteiger partial charge in [-0.05, 0) is 0 Å². The summed E-state index contributed by atoms with van der Waals surface area (Å²) < 4.78 is 0. The number of rotatable bonds is 3. The number of hydrogen-bond donors (Lipinski definition) is 2. The Morgan fingerprint density at radius 1 is 1.83 bits per heavy atom. The minimum absolute atomic E-state index is 0.126. The Balaban J connectivity index is 2.49. The fourth-order valence-corrected chi connectivity index (χ4v) is 0.123. The van der Waals surface area contributed by atoms with E-state index >= 15 is 0 Å². The van der Waals surface area contributed by atoms with Crippen LogP contribution in [0.4, 0.5) is 0 Å². The Kier molecular flexibility index (Phi) is 4.28. The van der Waals surface area contributed by atoms with E-state index in [2.05, 4.69) is 5.32 Å². The summed E-state index contributed by atoms with van der Waals surface area (Å²) in [5.41, 5.74) is 0. The molecule has 3 heteroatoms. The predicted octanol–water partition coefficient (Wildman–Crippen LogP) is -1.28. The van der Waals surface area contributed by atoms with Gasteiger partial charge in [-0.1, -0.05) is 0 Å². The lowest BCUT2D eigenvalue weighted by Crippen LogP contribution is -2.16. The molecule has 0 fully saturated rings. The van der Waals surface area contributed by atoms with E-state index in [1.54, 1.807) is 0 Å². The first-order valence-electron chi connectivity index (χ1n) is 1.67. The molecular weight excluding hydrogens is 82.0 g/mol. The van der Waals surface area contributed by atoms with Gasteiger partial charge in [0.15, 0.2) is 0 Å². The zero-order valence-electron chi connectivity index (χ0n) is 3.35. The third kappa shape index (κ3) is 3.59. The third-order valence-electron chi connectivity index (χ3n) is 0.339. The molecule has 0 rings (SSSR count). The number of nitrogens with one attached hydrogen (secondary N) is 1. The van der Waals surface area contributed by atoms with Crippen LogP contribution >= 0.6 is 0 Å².